The zero-order valence-electron chi connectivity index (χ0n) is 17.8. The Morgan fingerprint density at radius 1 is 0.909 bits per heavy atom. The van der Waals surface area contributed by atoms with E-state index in [-0.39, 0.29) is 18.0 Å². The van der Waals surface area contributed by atoms with E-state index in [2.05, 4.69) is 4.98 Å². The van der Waals surface area contributed by atoms with Crippen LogP contribution in [0.3, 0.4) is 0 Å². The van der Waals surface area contributed by atoms with Gasteiger partial charge in [-0.05, 0) is 42.3 Å². The number of fused-ring (bicyclic) bond motifs is 1. The third-order valence-corrected chi connectivity index (χ3v) is 7.27. The molecule has 0 radical (unpaired) electrons. The minimum absolute atomic E-state index is 0.0849. The first-order valence-corrected chi connectivity index (χ1v) is 12.1. The van der Waals surface area contributed by atoms with Crippen molar-refractivity contribution in [3.05, 3.63) is 88.7 Å². The van der Waals surface area contributed by atoms with Gasteiger partial charge in [0.05, 0.1) is 27.2 Å². The van der Waals surface area contributed by atoms with Gasteiger partial charge in [0.25, 0.3) is 0 Å². The van der Waals surface area contributed by atoms with E-state index in [1.165, 1.54) is 34.8 Å². The number of aromatic nitrogens is 2. The second kappa shape index (κ2) is 8.84. The van der Waals surface area contributed by atoms with Crippen molar-refractivity contribution in [2.75, 3.05) is 5.73 Å². The first-order valence-electron chi connectivity index (χ1n) is 10.4. The summed E-state index contributed by atoms with van der Waals surface area (Å²) in [4.78, 5) is 22.9. The fourth-order valence-corrected chi connectivity index (χ4v) is 5.62. The van der Waals surface area contributed by atoms with E-state index in [4.69, 9.17) is 10.7 Å². The number of carbonyl (C=O) groups is 1. The quantitative estimate of drug-likeness (QED) is 0.307. The SMILES string of the molecule is Cc1ccc(-c2nc(CC(=O)Cc3ccc4nc(N)sc4c3)sc2-c2ccc(F)cc2)cc1. The van der Waals surface area contributed by atoms with Crippen LogP contribution in [0.15, 0.2) is 66.7 Å². The molecular weight excluding hydrogens is 453 g/mol. The summed E-state index contributed by atoms with van der Waals surface area (Å²) < 4.78 is 14.5. The van der Waals surface area contributed by atoms with E-state index < -0.39 is 0 Å². The van der Waals surface area contributed by atoms with Crippen molar-refractivity contribution in [1.29, 1.82) is 0 Å². The molecule has 5 aromatic rings. The van der Waals surface area contributed by atoms with Gasteiger partial charge in [-0.3, -0.25) is 4.79 Å². The molecule has 2 heterocycles. The Labute approximate surface area is 198 Å². The van der Waals surface area contributed by atoms with Crippen LogP contribution in [0.5, 0.6) is 0 Å². The van der Waals surface area contributed by atoms with Gasteiger partial charge < -0.3 is 5.73 Å². The van der Waals surface area contributed by atoms with Crippen molar-refractivity contribution in [1.82, 2.24) is 9.97 Å². The van der Waals surface area contributed by atoms with E-state index in [1.807, 2.05) is 49.4 Å². The number of Topliss-reactive ketones (excluding diaryl/α,β-unsaturated/α-hetero) is 1. The molecule has 3 aromatic carbocycles. The number of benzene rings is 3. The predicted octanol–water partition coefficient (Wildman–Crippen LogP) is 6.47. The first-order chi connectivity index (χ1) is 15.9. The molecule has 0 atom stereocenters. The number of ketones is 1. The number of nitrogen functional groups attached to an aromatic ring is 1. The average Bonchev–Trinajstić information content (AvgIpc) is 3.37. The van der Waals surface area contributed by atoms with Gasteiger partial charge >= 0.3 is 0 Å². The Kier molecular flexibility index (Phi) is 5.74. The maximum absolute atomic E-state index is 13.5. The summed E-state index contributed by atoms with van der Waals surface area (Å²) in [5.41, 5.74) is 11.4. The molecular formula is C26H20FN3OS2. The highest BCUT2D eigenvalue weighted by Crippen LogP contribution is 2.37. The number of aryl methyl sites for hydroxylation is 1. The summed E-state index contributed by atoms with van der Waals surface area (Å²) in [7, 11) is 0. The molecule has 164 valence electrons. The predicted molar refractivity (Wildman–Crippen MR) is 134 cm³/mol. The molecule has 7 heteroatoms. The van der Waals surface area contributed by atoms with Crippen molar-refractivity contribution in [3.8, 4) is 21.7 Å². The van der Waals surface area contributed by atoms with Gasteiger partial charge in [0, 0.05) is 12.0 Å². The van der Waals surface area contributed by atoms with Crippen LogP contribution in [0.1, 0.15) is 16.1 Å². The number of carbonyl (C=O) groups excluding carboxylic acids is 1. The van der Waals surface area contributed by atoms with Crippen LogP contribution in [0, 0.1) is 12.7 Å². The van der Waals surface area contributed by atoms with E-state index in [0.29, 0.717) is 11.6 Å². The lowest BCUT2D eigenvalue weighted by molar-refractivity contribution is -0.117. The summed E-state index contributed by atoms with van der Waals surface area (Å²) in [5, 5.41) is 1.27. The largest absolute Gasteiger partial charge is 0.375 e. The monoisotopic (exact) mass is 473 g/mol. The number of thiazole rings is 2. The number of nitrogens with zero attached hydrogens (tertiary/aromatic N) is 2. The third kappa shape index (κ3) is 4.69. The number of hydrogen-bond donors (Lipinski definition) is 1. The highest BCUT2D eigenvalue weighted by atomic mass is 32.1. The van der Waals surface area contributed by atoms with Crippen LogP contribution < -0.4 is 5.73 Å². The van der Waals surface area contributed by atoms with E-state index in [0.717, 1.165) is 48.0 Å². The number of hydrogen-bond acceptors (Lipinski definition) is 6. The van der Waals surface area contributed by atoms with Crippen LogP contribution in [-0.4, -0.2) is 15.8 Å². The normalized spacial score (nSPS) is 11.2. The van der Waals surface area contributed by atoms with Crippen LogP contribution in [-0.2, 0) is 17.6 Å². The molecule has 0 fully saturated rings. The fourth-order valence-electron chi connectivity index (χ4n) is 3.70. The lowest BCUT2D eigenvalue weighted by Gasteiger charge is -2.03. The zero-order chi connectivity index (χ0) is 22.9. The summed E-state index contributed by atoms with van der Waals surface area (Å²) >= 11 is 2.90. The van der Waals surface area contributed by atoms with Crippen molar-refractivity contribution >= 4 is 43.8 Å². The lowest BCUT2D eigenvalue weighted by Crippen LogP contribution is -2.06. The van der Waals surface area contributed by atoms with E-state index >= 15 is 0 Å². The molecule has 2 N–H and O–H groups in total. The van der Waals surface area contributed by atoms with Gasteiger partial charge in [0.2, 0.25) is 0 Å². The standard InChI is InChI=1S/C26H20FN3OS2/c1-15-2-5-17(6-3-15)24-25(18-7-9-19(27)10-8-18)33-23(30-24)14-20(31)12-16-4-11-21-22(13-16)32-26(28)29-21/h2-11,13H,12,14H2,1H3,(H2,28,29). The van der Waals surface area contributed by atoms with Crippen molar-refractivity contribution in [3.63, 3.8) is 0 Å². The van der Waals surface area contributed by atoms with Gasteiger partial charge in [-0.25, -0.2) is 14.4 Å². The van der Waals surface area contributed by atoms with Gasteiger partial charge in [-0.2, -0.15) is 0 Å². The minimum atomic E-state index is -0.282. The Bertz CT molecular complexity index is 1390. The number of nitrogens with two attached hydrogens (primary N) is 1. The molecule has 0 aliphatic heterocycles. The van der Waals surface area contributed by atoms with Crippen LogP contribution in [0.25, 0.3) is 31.9 Å². The van der Waals surface area contributed by atoms with Crippen LogP contribution in [0.4, 0.5) is 9.52 Å². The molecule has 4 nitrogen and oxygen atoms in total. The Balaban J connectivity index is 1.43. The average molecular weight is 474 g/mol. The number of halogens is 1. The zero-order valence-corrected chi connectivity index (χ0v) is 19.5. The number of rotatable bonds is 6. The summed E-state index contributed by atoms with van der Waals surface area (Å²) in [6.07, 6.45) is 0.562. The molecule has 0 amide bonds. The van der Waals surface area contributed by atoms with Crippen molar-refractivity contribution in [2.45, 2.75) is 19.8 Å². The Morgan fingerprint density at radius 3 is 2.39 bits per heavy atom. The van der Waals surface area contributed by atoms with Crippen LogP contribution >= 0.6 is 22.7 Å². The van der Waals surface area contributed by atoms with Gasteiger partial charge in [0.1, 0.15) is 16.6 Å². The van der Waals surface area contributed by atoms with E-state index in [9.17, 15) is 9.18 Å². The fraction of sp³-hybridized carbons (Fsp3) is 0.115. The molecule has 0 saturated carbocycles. The second-order valence-corrected chi connectivity index (χ2v) is 10.1. The lowest BCUT2D eigenvalue weighted by atomic mass is 10.1. The topological polar surface area (TPSA) is 68.9 Å². The van der Waals surface area contributed by atoms with Crippen molar-refractivity contribution < 1.29 is 9.18 Å². The third-order valence-electron chi connectivity index (χ3n) is 5.32. The molecule has 0 unspecified atom stereocenters. The second-order valence-electron chi connectivity index (χ2n) is 7.90. The first kappa shape index (κ1) is 21.4. The van der Waals surface area contributed by atoms with Crippen LogP contribution in [0.2, 0.25) is 0 Å². The molecule has 0 saturated heterocycles. The Hall–Kier alpha value is -3.42. The minimum Gasteiger partial charge on any atom is -0.375 e. The summed E-state index contributed by atoms with van der Waals surface area (Å²) in [6.45, 7) is 2.04. The highest BCUT2D eigenvalue weighted by Gasteiger charge is 2.17. The molecule has 33 heavy (non-hydrogen) atoms. The number of anilines is 1. The molecule has 2 aromatic heterocycles. The summed E-state index contributed by atoms with van der Waals surface area (Å²) in [5.74, 6) is -0.197. The van der Waals surface area contributed by atoms with Gasteiger partial charge in [-0.1, -0.05) is 59.4 Å². The Morgan fingerprint density at radius 2 is 1.64 bits per heavy atom. The molecule has 0 aliphatic rings. The molecule has 5 rings (SSSR count). The maximum Gasteiger partial charge on any atom is 0.181 e. The van der Waals surface area contributed by atoms with E-state index in [1.54, 1.807) is 12.1 Å². The molecule has 0 spiro atoms. The van der Waals surface area contributed by atoms with Crippen molar-refractivity contribution in [2.24, 2.45) is 0 Å². The maximum atomic E-state index is 13.5. The smallest absolute Gasteiger partial charge is 0.181 e. The van der Waals surface area contributed by atoms with Gasteiger partial charge in [-0.15, -0.1) is 11.3 Å². The molecule has 0 aliphatic carbocycles. The summed E-state index contributed by atoms with van der Waals surface area (Å²) in [6, 6.07) is 20.3. The molecule has 0 bridgehead atoms. The van der Waals surface area contributed by atoms with Gasteiger partial charge in [0.15, 0.2) is 5.13 Å². The highest BCUT2D eigenvalue weighted by molar-refractivity contribution is 7.22.